The Bertz CT molecular complexity index is 246. The molecule has 1 saturated carbocycles. The first kappa shape index (κ1) is 17.0. The molecule has 1 N–H and O–H groups in total. The van der Waals surface area contributed by atoms with Gasteiger partial charge in [0.1, 0.15) is 0 Å². The lowest BCUT2D eigenvalue weighted by atomic mass is 9.81. The predicted octanol–water partition coefficient (Wildman–Crippen LogP) is 4.24. The largest absolute Gasteiger partial charge is 0.373 e. The van der Waals surface area contributed by atoms with Gasteiger partial charge in [0, 0.05) is 12.1 Å². The van der Waals surface area contributed by atoms with Gasteiger partial charge in [0.15, 0.2) is 0 Å². The Labute approximate surface area is 120 Å². The molecular weight excluding hydrogens is 234 g/mol. The summed E-state index contributed by atoms with van der Waals surface area (Å²) in [4.78, 5) is 0. The van der Waals surface area contributed by atoms with E-state index >= 15 is 0 Å². The highest BCUT2D eigenvalue weighted by Gasteiger charge is 2.28. The van der Waals surface area contributed by atoms with Crippen LogP contribution in [0.4, 0.5) is 0 Å². The van der Waals surface area contributed by atoms with Crippen molar-refractivity contribution in [3.8, 4) is 0 Å². The standard InChI is InChI=1S/C17H35NO/c1-12(2)16(11-18-17(5,6)7)19-15-9-13(3)8-14(4)10-15/h12-16,18H,8-11H2,1-7H3. The fourth-order valence-electron chi connectivity index (χ4n) is 3.08. The van der Waals surface area contributed by atoms with Gasteiger partial charge in [0.25, 0.3) is 0 Å². The molecular formula is C17H35NO. The minimum absolute atomic E-state index is 0.170. The number of ether oxygens (including phenoxy) is 1. The maximum absolute atomic E-state index is 6.43. The van der Waals surface area contributed by atoms with E-state index in [1.807, 2.05) is 0 Å². The van der Waals surface area contributed by atoms with E-state index in [-0.39, 0.29) is 5.54 Å². The van der Waals surface area contributed by atoms with Gasteiger partial charge in [0.2, 0.25) is 0 Å². The Balaban J connectivity index is 2.48. The average molecular weight is 269 g/mol. The zero-order valence-corrected chi connectivity index (χ0v) is 14.1. The van der Waals surface area contributed by atoms with E-state index in [9.17, 15) is 0 Å². The average Bonchev–Trinajstić information content (AvgIpc) is 2.20. The maximum atomic E-state index is 6.43. The Hall–Kier alpha value is -0.0800. The minimum Gasteiger partial charge on any atom is -0.373 e. The fourth-order valence-corrected chi connectivity index (χ4v) is 3.08. The molecule has 0 saturated heterocycles. The number of hydrogen-bond acceptors (Lipinski definition) is 2. The van der Waals surface area contributed by atoms with Gasteiger partial charge in [-0.1, -0.05) is 27.7 Å². The molecule has 2 nitrogen and oxygen atoms in total. The van der Waals surface area contributed by atoms with Crippen LogP contribution in [0.5, 0.6) is 0 Å². The van der Waals surface area contributed by atoms with Crippen molar-refractivity contribution in [1.29, 1.82) is 0 Å². The third-order valence-corrected chi connectivity index (χ3v) is 4.08. The van der Waals surface area contributed by atoms with Crippen LogP contribution in [0.2, 0.25) is 0 Å². The smallest absolute Gasteiger partial charge is 0.0726 e. The van der Waals surface area contributed by atoms with Gasteiger partial charge >= 0.3 is 0 Å². The first-order chi connectivity index (χ1) is 8.67. The molecule has 1 aliphatic rings. The second-order valence-corrected chi connectivity index (χ2v) is 8.09. The van der Waals surface area contributed by atoms with Gasteiger partial charge in [-0.3, -0.25) is 0 Å². The Morgan fingerprint density at radius 3 is 2.00 bits per heavy atom. The molecule has 0 amide bonds. The summed E-state index contributed by atoms with van der Waals surface area (Å²) in [6, 6.07) is 0. The zero-order chi connectivity index (χ0) is 14.6. The molecule has 0 aliphatic heterocycles. The van der Waals surface area contributed by atoms with Gasteiger partial charge in [-0.2, -0.15) is 0 Å². The summed E-state index contributed by atoms with van der Waals surface area (Å²) in [5, 5.41) is 3.59. The fraction of sp³-hybridized carbons (Fsp3) is 1.00. The van der Waals surface area contributed by atoms with Crippen molar-refractivity contribution in [2.24, 2.45) is 17.8 Å². The van der Waals surface area contributed by atoms with Crippen LogP contribution < -0.4 is 5.32 Å². The molecule has 0 bridgehead atoms. The van der Waals surface area contributed by atoms with Gasteiger partial charge < -0.3 is 10.1 Å². The Kier molecular flexibility index (Phi) is 6.32. The van der Waals surface area contributed by atoms with E-state index in [1.54, 1.807) is 0 Å². The SMILES string of the molecule is CC1CC(C)CC(OC(CNC(C)(C)C)C(C)C)C1. The van der Waals surface area contributed by atoms with Crippen LogP contribution in [0.1, 0.15) is 67.7 Å². The van der Waals surface area contributed by atoms with Gasteiger partial charge in [-0.15, -0.1) is 0 Å². The third-order valence-electron chi connectivity index (χ3n) is 4.08. The van der Waals surface area contributed by atoms with E-state index in [1.165, 1.54) is 19.3 Å². The highest BCUT2D eigenvalue weighted by Crippen LogP contribution is 2.31. The topological polar surface area (TPSA) is 21.3 Å². The summed E-state index contributed by atoms with van der Waals surface area (Å²) >= 11 is 0. The van der Waals surface area contributed by atoms with Gasteiger partial charge in [0.05, 0.1) is 12.2 Å². The predicted molar refractivity (Wildman–Crippen MR) is 83.4 cm³/mol. The van der Waals surface area contributed by atoms with E-state index in [0.717, 1.165) is 18.4 Å². The molecule has 19 heavy (non-hydrogen) atoms. The number of hydrogen-bond donors (Lipinski definition) is 1. The zero-order valence-electron chi connectivity index (χ0n) is 14.1. The van der Waals surface area contributed by atoms with Crippen molar-refractivity contribution in [3.05, 3.63) is 0 Å². The highest BCUT2D eigenvalue weighted by molar-refractivity contribution is 4.80. The van der Waals surface area contributed by atoms with Crippen LogP contribution >= 0.6 is 0 Å². The van der Waals surface area contributed by atoms with Crippen molar-refractivity contribution in [2.45, 2.75) is 85.5 Å². The van der Waals surface area contributed by atoms with Crippen LogP contribution in [-0.2, 0) is 4.74 Å². The van der Waals surface area contributed by atoms with Crippen LogP contribution in [0.15, 0.2) is 0 Å². The second-order valence-electron chi connectivity index (χ2n) is 8.09. The molecule has 1 aliphatic carbocycles. The molecule has 0 aromatic carbocycles. The molecule has 114 valence electrons. The molecule has 0 aromatic rings. The summed E-state index contributed by atoms with van der Waals surface area (Å²) < 4.78 is 6.43. The van der Waals surface area contributed by atoms with Crippen LogP contribution in [0, 0.1) is 17.8 Å². The molecule has 1 rings (SSSR count). The Morgan fingerprint density at radius 1 is 1.05 bits per heavy atom. The van der Waals surface area contributed by atoms with Crippen LogP contribution in [0.25, 0.3) is 0 Å². The monoisotopic (exact) mass is 269 g/mol. The molecule has 2 heteroatoms. The summed E-state index contributed by atoms with van der Waals surface area (Å²) in [5.74, 6) is 2.21. The molecule has 0 aromatic heterocycles. The van der Waals surface area contributed by atoms with E-state index in [4.69, 9.17) is 4.74 Å². The summed E-state index contributed by atoms with van der Waals surface area (Å²) in [7, 11) is 0. The molecule has 0 heterocycles. The third kappa shape index (κ3) is 6.76. The van der Waals surface area contributed by atoms with Crippen molar-refractivity contribution in [3.63, 3.8) is 0 Å². The lowest BCUT2D eigenvalue weighted by molar-refractivity contribution is -0.0674. The molecule has 3 unspecified atom stereocenters. The summed E-state index contributed by atoms with van der Waals surface area (Å²) in [6.07, 6.45) is 4.65. The van der Waals surface area contributed by atoms with Gasteiger partial charge in [-0.05, 0) is 57.8 Å². The lowest BCUT2D eigenvalue weighted by Crippen LogP contribution is -2.45. The van der Waals surface area contributed by atoms with Gasteiger partial charge in [-0.25, -0.2) is 0 Å². The van der Waals surface area contributed by atoms with Crippen molar-refractivity contribution in [1.82, 2.24) is 5.32 Å². The summed E-state index contributed by atoms with van der Waals surface area (Å²) in [5.41, 5.74) is 0.170. The molecule has 0 spiro atoms. The van der Waals surface area contributed by atoms with Crippen molar-refractivity contribution in [2.75, 3.05) is 6.54 Å². The first-order valence-corrected chi connectivity index (χ1v) is 8.08. The lowest BCUT2D eigenvalue weighted by Gasteiger charge is -2.36. The normalized spacial score (nSPS) is 30.6. The highest BCUT2D eigenvalue weighted by atomic mass is 16.5. The van der Waals surface area contributed by atoms with E-state index in [0.29, 0.717) is 18.1 Å². The van der Waals surface area contributed by atoms with Crippen LogP contribution in [0.3, 0.4) is 0 Å². The molecule has 1 fully saturated rings. The first-order valence-electron chi connectivity index (χ1n) is 8.08. The van der Waals surface area contributed by atoms with E-state index in [2.05, 4.69) is 53.8 Å². The molecule has 0 radical (unpaired) electrons. The van der Waals surface area contributed by atoms with E-state index < -0.39 is 0 Å². The number of rotatable bonds is 5. The number of nitrogens with one attached hydrogen (secondary N) is 1. The van der Waals surface area contributed by atoms with Crippen molar-refractivity contribution < 1.29 is 4.74 Å². The quantitative estimate of drug-likeness (QED) is 0.806. The van der Waals surface area contributed by atoms with Crippen molar-refractivity contribution >= 4 is 0 Å². The maximum Gasteiger partial charge on any atom is 0.0726 e. The molecule has 3 atom stereocenters. The second kappa shape index (κ2) is 7.08. The summed E-state index contributed by atoms with van der Waals surface area (Å²) in [6.45, 7) is 16.9. The minimum atomic E-state index is 0.170. The Morgan fingerprint density at radius 2 is 1.58 bits per heavy atom. The van der Waals surface area contributed by atoms with Crippen LogP contribution in [-0.4, -0.2) is 24.3 Å².